The molecule has 0 unspecified atom stereocenters. The van der Waals surface area contributed by atoms with Crippen molar-refractivity contribution in [2.24, 2.45) is 0 Å². The zero-order chi connectivity index (χ0) is 14.9. The van der Waals surface area contributed by atoms with Crippen LogP contribution in [0.15, 0.2) is 11.5 Å². The van der Waals surface area contributed by atoms with Crippen LogP contribution in [0, 0.1) is 0 Å². The quantitative estimate of drug-likeness (QED) is 0.775. The van der Waals surface area contributed by atoms with Gasteiger partial charge in [-0.15, -0.1) is 0 Å². The van der Waals surface area contributed by atoms with E-state index in [0.717, 1.165) is 24.8 Å². The van der Waals surface area contributed by atoms with Crippen molar-refractivity contribution < 1.29 is 14.4 Å². The van der Waals surface area contributed by atoms with Gasteiger partial charge < -0.3 is 14.4 Å². The van der Waals surface area contributed by atoms with Crippen LogP contribution in [0.25, 0.3) is 0 Å². The predicted octanol–water partition coefficient (Wildman–Crippen LogP) is 3.51. The van der Waals surface area contributed by atoms with Crippen LogP contribution in [0.1, 0.15) is 67.7 Å². The lowest BCUT2D eigenvalue weighted by Gasteiger charge is -2.32. The second kappa shape index (κ2) is 5.59. The molecule has 19 heavy (non-hydrogen) atoms. The summed E-state index contributed by atoms with van der Waals surface area (Å²) in [7, 11) is -0.372. The summed E-state index contributed by atoms with van der Waals surface area (Å²) in [6.45, 7) is 13.9. The minimum Gasteiger partial charge on any atom is -0.400 e. The third-order valence-corrected chi connectivity index (χ3v) is 4.19. The van der Waals surface area contributed by atoms with Gasteiger partial charge in [0.1, 0.15) is 0 Å². The van der Waals surface area contributed by atoms with E-state index in [9.17, 15) is 5.11 Å². The molecule has 0 aromatic carbocycles. The molecule has 0 radical (unpaired) electrons. The van der Waals surface area contributed by atoms with Gasteiger partial charge in [0.25, 0.3) is 0 Å². The molecule has 1 saturated heterocycles. The van der Waals surface area contributed by atoms with E-state index in [4.69, 9.17) is 9.31 Å². The highest BCUT2D eigenvalue weighted by Gasteiger charge is 2.50. The predicted molar refractivity (Wildman–Crippen MR) is 80.0 cm³/mol. The van der Waals surface area contributed by atoms with Gasteiger partial charge in [-0.05, 0) is 60.0 Å². The topological polar surface area (TPSA) is 38.7 Å². The molecule has 0 aliphatic carbocycles. The summed E-state index contributed by atoms with van der Waals surface area (Å²) in [5, 5.41) is 10.2. The second-order valence-electron chi connectivity index (χ2n) is 6.98. The highest BCUT2D eigenvalue weighted by atomic mass is 16.7. The average molecular weight is 268 g/mol. The fourth-order valence-corrected chi connectivity index (χ4v) is 2.08. The SMILES string of the molecule is CCCC/C(=C/B1OC(C)(C)C(C)(C)O1)C(C)(C)O. The van der Waals surface area contributed by atoms with E-state index in [1.54, 1.807) is 0 Å². The monoisotopic (exact) mass is 268 g/mol. The van der Waals surface area contributed by atoms with Crippen molar-refractivity contribution in [3.05, 3.63) is 11.5 Å². The van der Waals surface area contributed by atoms with Gasteiger partial charge in [0.05, 0.1) is 16.8 Å². The van der Waals surface area contributed by atoms with Gasteiger partial charge in [0.2, 0.25) is 0 Å². The minimum absolute atomic E-state index is 0.330. The van der Waals surface area contributed by atoms with Gasteiger partial charge in [0.15, 0.2) is 0 Å². The molecule has 1 aliphatic heterocycles. The van der Waals surface area contributed by atoms with E-state index in [1.165, 1.54) is 0 Å². The summed E-state index contributed by atoms with van der Waals surface area (Å²) >= 11 is 0. The lowest BCUT2D eigenvalue weighted by molar-refractivity contribution is 0.00578. The Labute approximate surface area is 118 Å². The zero-order valence-corrected chi connectivity index (χ0v) is 13.5. The van der Waals surface area contributed by atoms with Gasteiger partial charge in [-0.1, -0.05) is 19.3 Å². The molecule has 0 bridgehead atoms. The molecule has 110 valence electrons. The van der Waals surface area contributed by atoms with Crippen LogP contribution in [0.4, 0.5) is 0 Å². The Morgan fingerprint density at radius 3 is 2.00 bits per heavy atom. The maximum atomic E-state index is 10.2. The smallest absolute Gasteiger partial charge is 0.400 e. The summed E-state index contributed by atoms with van der Waals surface area (Å²) in [4.78, 5) is 0. The Morgan fingerprint density at radius 1 is 1.16 bits per heavy atom. The largest absolute Gasteiger partial charge is 0.487 e. The first-order chi connectivity index (χ1) is 8.49. The summed E-state index contributed by atoms with van der Waals surface area (Å²) in [5.41, 5.74) is -0.487. The van der Waals surface area contributed by atoms with E-state index in [2.05, 4.69) is 6.92 Å². The number of unbranched alkanes of at least 4 members (excludes halogenated alkanes) is 1. The molecule has 1 rings (SSSR count). The molecule has 3 nitrogen and oxygen atoms in total. The lowest BCUT2D eigenvalue weighted by Crippen LogP contribution is -2.41. The van der Waals surface area contributed by atoms with Crippen LogP contribution in [-0.2, 0) is 9.31 Å². The van der Waals surface area contributed by atoms with Crippen molar-refractivity contribution in [2.45, 2.75) is 84.5 Å². The van der Waals surface area contributed by atoms with E-state index < -0.39 is 5.60 Å². The normalized spacial score (nSPS) is 22.9. The fraction of sp³-hybridized carbons (Fsp3) is 0.867. The molecule has 1 aliphatic rings. The molecule has 0 aromatic heterocycles. The molecule has 4 heteroatoms. The standard InChI is InChI=1S/C15H29BO3/c1-8-9-10-12(13(2,3)17)11-16-18-14(4,5)15(6,7)19-16/h11,17H,8-10H2,1-7H3/b12-11-. The number of rotatable bonds is 5. The molecule has 0 spiro atoms. The zero-order valence-electron chi connectivity index (χ0n) is 13.5. The van der Waals surface area contributed by atoms with Gasteiger partial charge >= 0.3 is 7.12 Å². The van der Waals surface area contributed by atoms with Crippen LogP contribution in [0.5, 0.6) is 0 Å². The number of aliphatic hydroxyl groups is 1. The molecule has 1 heterocycles. The number of hydrogen-bond donors (Lipinski definition) is 1. The molecule has 1 N–H and O–H groups in total. The Morgan fingerprint density at radius 2 is 1.63 bits per heavy atom. The number of hydrogen-bond acceptors (Lipinski definition) is 3. The maximum Gasteiger partial charge on any atom is 0.487 e. The Kier molecular flexibility index (Phi) is 4.92. The first-order valence-corrected chi connectivity index (χ1v) is 7.29. The Bertz CT molecular complexity index is 324. The van der Waals surface area contributed by atoms with Crippen LogP contribution in [0.3, 0.4) is 0 Å². The van der Waals surface area contributed by atoms with Crippen LogP contribution in [0.2, 0.25) is 0 Å². The van der Waals surface area contributed by atoms with E-state index >= 15 is 0 Å². The van der Waals surface area contributed by atoms with Crippen molar-refractivity contribution in [2.75, 3.05) is 0 Å². The van der Waals surface area contributed by atoms with Crippen molar-refractivity contribution in [3.63, 3.8) is 0 Å². The maximum absolute atomic E-state index is 10.2. The Hall–Kier alpha value is -0.315. The molecular weight excluding hydrogens is 239 g/mol. The third-order valence-electron chi connectivity index (χ3n) is 4.19. The summed E-state index contributed by atoms with van der Waals surface area (Å²) in [5.74, 6) is 1.95. The Balaban J connectivity index is 2.87. The van der Waals surface area contributed by atoms with Crippen molar-refractivity contribution in [1.82, 2.24) is 0 Å². The molecule has 0 amide bonds. The molecule has 0 saturated carbocycles. The fourth-order valence-electron chi connectivity index (χ4n) is 2.08. The van der Waals surface area contributed by atoms with E-state index in [-0.39, 0.29) is 18.3 Å². The minimum atomic E-state index is -0.821. The van der Waals surface area contributed by atoms with Crippen LogP contribution >= 0.6 is 0 Å². The molecular formula is C15H29BO3. The molecule has 1 fully saturated rings. The van der Waals surface area contributed by atoms with Gasteiger partial charge in [-0.25, -0.2) is 0 Å². The van der Waals surface area contributed by atoms with Crippen LogP contribution in [-0.4, -0.2) is 29.0 Å². The highest BCUT2D eigenvalue weighted by Crippen LogP contribution is 2.37. The van der Waals surface area contributed by atoms with Crippen molar-refractivity contribution >= 4 is 7.12 Å². The van der Waals surface area contributed by atoms with Crippen molar-refractivity contribution in [1.29, 1.82) is 0 Å². The van der Waals surface area contributed by atoms with Gasteiger partial charge in [0, 0.05) is 0 Å². The lowest BCUT2D eigenvalue weighted by atomic mass is 9.80. The van der Waals surface area contributed by atoms with Gasteiger partial charge in [-0.3, -0.25) is 0 Å². The first-order valence-electron chi connectivity index (χ1n) is 7.29. The van der Waals surface area contributed by atoms with E-state index in [0.29, 0.717) is 0 Å². The second-order valence-corrected chi connectivity index (χ2v) is 6.98. The van der Waals surface area contributed by atoms with Crippen LogP contribution < -0.4 is 0 Å². The summed E-state index contributed by atoms with van der Waals surface area (Å²) in [6, 6.07) is 0. The average Bonchev–Trinajstić information content (AvgIpc) is 2.40. The molecule has 0 atom stereocenters. The van der Waals surface area contributed by atoms with Crippen molar-refractivity contribution in [3.8, 4) is 0 Å². The summed E-state index contributed by atoms with van der Waals surface area (Å²) in [6.07, 6.45) is 3.05. The van der Waals surface area contributed by atoms with E-state index in [1.807, 2.05) is 47.5 Å². The molecule has 0 aromatic rings. The third kappa shape index (κ3) is 4.07. The van der Waals surface area contributed by atoms with Gasteiger partial charge in [-0.2, -0.15) is 0 Å². The highest BCUT2D eigenvalue weighted by molar-refractivity contribution is 6.51. The summed E-state index contributed by atoms with van der Waals surface area (Å²) < 4.78 is 11.9. The first kappa shape index (κ1) is 16.7.